The molecule has 14 heteroatoms. The fourth-order valence-corrected chi connectivity index (χ4v) is 12.1. The molecule has 1 spiro atoms. The lowest BCUT2D eigenvalue weighted by atomic mass is 9.34. The zero-order valence-corrected chi connectivity index (χ0v) is 30.8. The molecule has 2 saturated heterocycles. The van der Waals surface area contributed by atoms with Crippen LogP contribution in [0.15, 0.2) is 46.3 Å². The molecule has 8 rings (SSSR count). The van der Waals surface area contributed by atoms with Crippen molar-refractivity contribution in [3.63, 3.8) is 0 Å². The number of carbonyl (C=O) groups is 4. The van der Waals surface area contributed by atoms with E-state index in [1.54, 1.807) is 39.8 Å². The first-order valence-corrected chi connectivity index (χ1v) is 17.8. The van der Waals surface area contributed by atoms with Gasteiger partial charge in [0.05, 0.1) is 19.6 Å². The molecular weight excluding hydrogens is 680 g/mol. The molecule has 14 nitrogen and oxygen atoms in total. The van der Waals surface area contributed by atoms with E-state index in [1.807, 2.05) is 20.8 Å². The van der Waals surface area contributed by atoms with Crippen molar-refractivity contribution in [3.8, 4) is 0 Å². The number of fused-ring (bicyclic) bond motifs is 4. The molecule has 4 aliphatic carbocycles. The van der Waals surface area contributed by atoms with Crippen LogP contribution in [-0.2, 0) is 52.3 Å². The second-order valence-corrected chi connectivity index (χ2v) is 16.7. The highest BCUT2D eigenvalue weighted by Crippen LogP contribution is 2.88. The van der Waals surface area contributed by atoms with Gasteiger partial charge in [-0.15, -0.1) is 0 Å². The van der Waals surface area contributed by atoms with Crippen molar-refractivity contribution < 1.29 is 67.0 Å². The largest absolute Gasteiger partial charge is 0.472 e. The normalized spacial score (nSPS) is 48.4. The second-order valence-electron chi connectivity index (χ2n) is 16.7. The van der Waals surface area contributed by atoms with Gasteiger partial charge >= 0.3 is 23.9 Å². The number of methoxy groups -OCH3 is 1. The minimum absolute atomic E-state index is 0.151. The molecule has 1 aromatic rings. The Labute approximate surface area is 300 Å². The Morgan fingerprint density at radius 1 is 1.08 bits per heavy atom. The summed E-state index contributed by atoms with van der Waals surface area (Å²) in [5, 5.41) is 27.2. The number of ether oxygens (including phenoxy) is 7. The van der Waals surface area contributed by atoms with Crippen molar-refractivity contribution in [3.05, 3.63) is 47.5 Å². The first-order valence-electron chi connectivity index (χ1n) is 17.8. The lowest BCUT2D eigenvalue weighted by molar-refractivity contribution is -0.456. The molecule has 4 saturated carbocycles. The number of rotatable bonds is 7. The molecule has 7 aliphatic rings. The maximum Gasteiger partial charge on any atom is 0.347 e. The fraction of sp³-hybridized carbons (Fsp3) is 0.684. The van der Waals surface area contributed by atoms with Gasteiger partial charge in [-0.05, 0) is 44.7 Å². The van der Waals surface area contributed by atoms with Gasteiger partial charge < -0.3 is 47.8 Å². The summed E-state index contributed by atoms with van der Waals surface area (Å²) < 4.78 is 49.9. The van der Waals surface area contributed by atoms with Gasteiger partial charge in [0.15, 0.2) is 11.2 Å². The predicted octanol–water partition coefficient (Wildman–Crippen LogP) is 3.34. The number of furan rings is 1. The third-order valence-corrected chi connectivity index (χ3v) is 14.2. The highest BCUT2D eigenvalue weighted by atomic mass is 17.0. The zero-order chi connectivity index (χ0) is 37.8. The fourth-order valence-electron chi connectivity index (χ4n) is 12.1. The van der Waals surface area contributed by atoms with Crippen molar-refractivity contribution in [1.29, 1.82) is 0 Å². The van der Waals surface area contributed by atoms with Crippen molar-refractivity contribution in [2.24, 2.45) is 28.1 Å². The average molecular weight is 727 g/mol. The standard InChI is InChI=1S/C38H46O14/c1-10-19(4)27(41)49-29-32(7)17-34(43)33(8,25(32)24(28(42)45-9)47-20(5)39)35-13-12-31(6)22(15-23(40)48-26(31)21-11-14-46-16-21)37(35)30(36(29,34)44)50-38(51-35,52-37)18(2)3/h10-11,14-16,18,24-26,29-30,43-44H,12-13,17H2,1-9H3/b19-10+/t24-,25+,26+,29+,30-,31-,32-,33-,34-,35+,36+,37-,38?/m1/s1. The van der Waals surface area contributed by atoms with Gasteiger partial charge in [0.2, 0.25) is 6.10 Å². The predicted molar refractivity (Wildman–Crippen MR) is 174 cm³/mol. The molecule has 3 aliphatic heterocycles. The molecule has 2 N–H and O–H groups in total. The molecule has 13 atom stereocenters. The topological polar surface area (TPSA) is 186 Å². The maximum atomic E-state index is 13.9. The molecule has 4 bridgehead atoms. The van der Waals surface area contributed by atoms with Crippen LogP contribution >= 0.6 is 0 Å². The van der Waals surface area contributed by atoms with E-state index < -0.39 is 105 Å². The van der Waals surface area contributed by atoms with E-state index in [9.17, 15) is 29.4 Å². The Kier molecular flexibility index (Phi) is 7.06. The van der Waals surface area contributed by atoms with E-state index in [2.05, 4.69) is 0 Å². The van der Waals surface area contributed by atoms with Crippen LogP contribution in [0.3, 0.4) is 0 Å². The Hall–Kier alpha value is -3.56. The second kappa shape index (κ2) is 10.3. The van der Waals surface area contributed by atoms with Crippen molar-refractivity contribution in [1.82, 2.24) is 0 Å². The minimum Gasteiger partial charge on any atom is -0.472 e. The first-order chi connectivity index (χ1) is 24.2. The lowest BCUT2D eigenvalue weighted by Gasteiger charge is -2.75. The molecule has 0 aromatic carbocycles. The molecule has 6 fully saturated rings. The Balaban J connectivity index is 1.47. The molecule has 1 aromatic heterocycles. The van der Waals surface area contributed by atoms with Gasteiger partial charge in [0.1, 0.15) is 29.5 Å². The Morgan fingerprint density at radius 3 is 2.38 bits per heavy atom. The van der Waals surface area contributed by atoms with Crippen LogP contribution < -0.4 is 0 Å². The van der Waals surface area contributed by atoms with Crippen LogP contribution in [0.5, 0.6) is 0 Å². The highest BCUT2D eigenvalue weighted by molar-refractivity contribution is 5.88. The van der Waals surface area contributed by atoms with E-state index in [4.69, 9.17) is 37.6 Å². The zero-order valence-electron chi connectivity index (χ0n) is 30.8. The van der Waals surface area contributed by atoms with Crippen LogP contribution in [0, 0.1) is 28.1 Å². The smallest absolute Gasteiger partial charge is 0.347 e. The number of hydrogen-bond acceptors (Lipinski definition) is 14. The van der Waals surface area contributed by atoms with Gasteiger partial charge in [-0.2, -0.15) is 0 Å². The minimum atomic E-state index is -2.44. The van der Waals surface area contributed by atoms with Gasteiger partial charge in [-0.3, -0.25) is 4.79 Å². The summed E-state index contributed by atoms with van der Waals surface area (Å²) in [6, 6.07) is 1.71. The molecule has 0 radical (unpaired) electrons. The van der Waals surface area contributed by atoms with E-state index >= 15 is 0 Å². The first kappa shape index (κ1) is 35.5. The van der Waals surface area contributed by atoms with Crippen LogP contribution in [0.1, 0.15) is 86.3 Å². The number of aliphatic hydroxyl groups is 2. The van der Waals surface area contributed by atoms with Gasteiger partial charge in [-0.25, -0.2) is 14.4 Å². The number of cyclic esters (lactones) is 1. The summed E-state index contributed by atoms with van der Waals surface area (Å²) >= 11 is 0. The number of allylic oxidation sites excluding steroid dienone is 1. The maximum absolute atomic E-state index is 13.9. The molecule has 1 unspecified atom stereocenters. The summed E-state index contributed by atoms with van der Waals surface area (Å²) in [5.74, 6) is -6.74. The van der Waals surface area contributed by atoms with E-state index in [0.29, 0.717) is 17.6 Å². The van der Waals surface area contributed by atoms with E-state index in [1.165, 1.54) is 18.6 Å². The summed E-state index contributed by atoms with van der Waals surface area (Å²) in [6.45, 7) is 13.3. The van der Waals surface area contributed by atoms with Gasteiger partial charge in [0.25, 0.3) is 5.97 Å². The third kappa shape index (κ3) is 3.50. The Morgan fingerprint density at radius 2 is 1.79 bits per heavy atom. The summed E-state index contributed by atoms with van der Waals surface area (Å²) in [7, 11) is 1.16. The van der Waals surface area contributed by atoms with Crippen molar-refractivity contribution in [2.45, 2.75) is 127 Å². The average Bonchev–Trinajstić information content (AvgIpc) is 3.87. The van der Waals surface area contributed by atoms with Crippen molar-refractivity contribution in [2.75, 3.05) is 7.11 Å². The number of hydrogen-bond donors (Lipinski definition) is 2. The van der Waals surface area contributed by atoms with E-state index in [0.717, 1.165) is 14.0 Å². The number of carbonyl (C=O) groups excluding carboxylic acids is 4. The highest BCUT2D eigenvalue weighted by Gasteiger charge is 3.03. The molecule has 52 heavy (non-hydrogen) atoms. The van der Waals surface area contributed by atoms with E-state index in [-0.39, 0.29) is 18.4 Å². The summed E-state index contributed by atoms with van der Waals surface area (Å²) in [6.07, 6.45) is 0.584. The van der Waals surface area contributed by atoms with Crippen LogP contribution in [-0.4, -0.2) is 87.9 Å². The summed E-state index contributed by atoms with van der Waals surface area (Å²) in [5.41, 5.74) is -11.1. The third-order valence-electron chi connectivity index (χ3n) is 14.2. The molecule has 282 valence electrons. The van der Waals surface area contributed by atoms with Crippen LogP contribution in [0.25, 0.3) is 0 Å². The number of esters is 4. The monoisotopic (exact) mass is 726 g/mol. The summed E-state index contributed by atoms with van der Waals surface area (Å²) in [4.78, 5) is 54.1. The molecular formula is C38H46O14. The Bertz CT molecular complexity index is 1850. The SMILES string of the molecule is C/C=C(\C)C(=O)O[C@H]1[C@]2(C)C[C@]3(O)[C@@]1(O)[C@H]1OC4(C(C)C)O[C@@]5(CC[C@]6(C)C(=CC(=O)O[C@H]6c6ccoc6)[C@@]15O4)[C@]3(C)[C@H]2[C@@H](OC(C)=O)C(=O)OC. The quantitative estimate of drug-likeness (QED) is 0.237. The van der Waals surface area contributed by atoms with Crippen LogP contribution in [0.4, 0.5) is 0 Å². The molecule has 4 heterocycles. The lowest BCUT2D eigenvalue weighted by Crippen LogP contribution is -2.92. The van der Waals surface area contributed by atoms with Crippen LogP contribution in [0.2, 0.25) is 0 Å². The van der Waals surface area contributed by atoms with Gasteiger partial charge in [0, 0.05) is 52.2 Å². The molecule has 0 amide bonds. The van der Waals surface area contributed by atoms with Crippen molar-refractivity contribution >= 4 is 23.9 Å². The van der Waals surface area contributed by atoms with Gasteiger partial charge in [-0.1, -0.05) is 40.7 Å².